The van der Waals surface area contributed by atoms with Crippen molar-refractivity contribution in [2.75, 3.05) is 18.0 Å². The molecule has 2 atom stereocenters. The highest BCUT2D eigenvalue weighted by Crippen LogP contribution is 2.33. The molecule has 0 saturated carbocycles. The molecule has 2 aromatic carbocycles. The zero-order valence-electron chi connectivity index (χ0n) is 15.9. The Morgan fingerprint density at radius 2 is 1.67 bits per heavy atom. The first-order chi connectivity index (χ1) is 12.9. The molecule has 0 radical (unpaired) electrons. The van der Waals surface area contributed by atoms with Crippen LogP contribution in [0.25, 0.3) is 10.9 Å². The van der Waals surface area contributed by atoms with Crippen molar-refractivity contribution in [2.45, 2.75) is 37.8 Å². The molecular weight excluding hydrogens is 358 g/mol. The van der Waals surface area contributed by atoms with Gasteiger partial charge in [-0.1, -0.05) is 24.3 Å². The Balaban J connectivity index is 1.88. The van der Waals surface area contributed by atoms with E-state index in [1.807, 2.05) is 37.3 Å². The minimum atomic E-state index is -3.64. The summed E-state index contributed by atoms with van der Waals surface area (Å²) in [5.41, 5.74) is 2.56. The summed E-state index contributed by atoms with van der Waals surface area (Å²) in [6.45, 7) is 8.06. The van der Waals surface area contributed by atoms with E-state index in [4.69, 9.17) is 0 Å². The first-order valence-electron chi connectivity index (χ1n) is 9.31. The zero-order chi connectivity index (χ0) is 19.2. The van der Waals surface area contributed by atoms with Gasteiger partial charge in [0.2, 0.25) is 0 Å². The lowest BCUT2D eigenvalue weighted by molar-refractivity contribution is 0.433. The van der Waals surface area contributed by atoms with E-state index in [0.717, 1.165) is 29.7 Å². The highest BCUT2D eigenvalue weighted by atomic mass is 32.2. The van der Waals surface area contributed by atoms with Crippen LogP contribution in [0.3, 0.4) is 0 Å². The third kappa shape index (κ3) is 2.93. The summed E-state index contributed by atoms with van der Waals surface area (Å²) in [5.74, 6) is 0. The third-order valence-electron chi connectivity index (χ3n) is 5.41. The van der Waals surface area contributed by atoms with E-state index in [1.165, 1.54) is 3.97 Å². The first-order valence-corrected chi connectivity index (χ1v) is 10.8. The van der Waals surface area contributed by atoms with Crippen LogP contribution in [0, 0.1) is 6.92 Å². The molecule has 6 heteroatoms. The lowest BCUT2D eigenvalue weighted by Gasteiger charge is -2.41. The quantitative estimate of drug-likeness (QED) is 0.753. The number of hydrogen-bond acceptors (Lipinski definition) is 4. The topological polar surface area (TPSA) is 54.3 Å². The Hall–Kier alpha value is -2.31. The van der Waals surface area contributed by atoms with Crippen molar-refractivity contribution in [1.29, 1.82) is 0 Å². The van der Waals surface area contributed by atoms with E-state index in [9.17, 15) is 8.42 Å². The molecule has 1 aliphatic heterocycles. The minimum Gasteiger partial charge on any atom is -0.363 e. The van der Waals surface area contributed by atoms with E-state index < -0.39 is 10.0 Å². The van der Waals surface area contributed by atoms with Crippen molar-refractivity contribution in [1.82, 2.24) is 9.29 Å². The molecule has 1 aromatic heterocycles. The smallest absolute Gasteiger partial charge is 0.268 e. The van der Waals surface area contributed by atoms with Gasteiger partial charge >= 0.3 is 0 Å². The fourth-order valence-corrected chi connectivity index (χ4v) is 5.70. The second-order valence-electron chi connectivity index (χ2n) is 7.36. The molecule has 1 N–H and O–H groups in total. The van der Waals surface area contributed by atoms with Crippen molar-refractivity contribution in [3.63, 3.8) is 0 Å². The number of rotatable bonds is 3. The van der Waals surface area contributed by atoms with E-state index in [1.54, 1.807) is 18.3 Å². The van der Waals surface area contributed by atoms with Crippen LogP contribution in [0.1, 0.15) is 19.4 Å². The summed E-state index contributed by atoms with van der Waals surface area (Å²) >= 11 is 0. The van der Waals surface area contributed by atoms with Crippen LogP contribution in [0.4, 0.5) is 5.69 Å². The number of aromatic nitrogens is 1. The van der Waals surface area contributed by atoms with Gasteiger partial charge in [0.05, 0.1) is 10.4 Å². The number of benzene rings is 2. The fraction of sp³-hybridized carbons (Fsp3) is 0.333. The SMILES string of the molecule is Cc1ccccc1S(=O)(=O)n1ccc2c(N3C(C)CNCC3C)cccc21. The molecule has 1 fully saturated rings. The highest BCUT2D eigenvalue weighted by Gasteiger charge is 2.27. The van der Waals surface area contributed by atoms with Gasteiger partial charge in [0.15, 0.2) is 0 Å². The van der Waals surface area contributed by atoms with Crippen LogP contribution in [0.2, 0.25) is 0 Å². The Labute approximate surface area is 160 Å². The average molecular weight is 384 g/mol. The van der Waals surface area contributed by atoms with Crippen LogP contribution < -0.4 is 10.2 Å². The van der Waals surface area contributed by atoms with Gasteiger partial charge < -0.3 is 10.2 Å². The predicted molar refractivity (Wildman–Crippen MR) is 110 cm³/mol. The Morgan fingerprint density at radius 1 is 0.963 bits per heavy atom. The van der Waals surface area contributed by atoms with Gasteiger partial charge in [0.25, 0.3) is 10.0 Å². The molecule has 0 amide bonds. The van der Waals surface area contributed by atoms with Crippen LogP contribution in [-0.4, -0.2) is 37.6 Å². The molecule has 27 heavy (non-hydrogen) atoms. The van der Waals surface area contributed by atoms with Gasteiger partial charge in [-0.25, -0.2) is 12.4 Å². The predicted octanol–water partition coefficient (Wildman–Crippen LogP) is 3.37. The van der Waals surface area contributed by atoms with E-state index in [-0.39, 0.29) is 0 Å². The van der Waals surface area contributed by atoms with Gasteiger partial charge in [-0.3, -0.25) is 0 Å². The molecule has 0 bridgehead atoms. The number of fused-ring (bicyclic) bond motifs is 1. The van der Waals surface area contributed by atoms with Gasteiger partial charge in [0.1, 0.15) is 0 Å². The normalized spacial score (nSPS) is 20.9. The standard InChI is InChI=1S/C21H25N3O2S/c1-15-7-4-5-10-21(15)27(25,26)23-12-11-18-19(23)8-6-9-20(18)24-16(2)13-22-14-17(24)3/h4-12,16-17,22H,13-14H2,1-3H3. The lowest BCUT2D eigenvalue weighted by Crippen LogP contribution is -2.55. The number of nitrogens with zero attached hydrogens (tertiary/aromatic N) is 2. The number of aryl methyl sites for hydroxylation is 1. The Bertz CT molecular complexity index is 1080. The fourth-order valence-electron chi connectivity index (χ4n) is 4.12. The largest absolute Gasteiger partial charge is 0.363 e. The summed E-state index contributed by atoms with van der Waals surface area (Å²) in [6, 6.07) is 15.6. The highest BCUT2D eigenvalue weighted by molar-refractivity contribution is 7.90. The monoisotopic (exact) mass is 383 g/mol. The molecule has 3 aromatic rings. The maximum atomic E-state index is 13.3. The van der Waals surface area contributed by atoms with Crippen molar-refractivity contribution in [3.8, 4) is 0 Å². The summed E-state index contributed by atoms with van der Waals surface area (Å²) in [6.07, 6.45) is 1.67. The lowest BCUT2D eigenvalue weighted by atomic mass is 10.1. The molecule has 1 saturated heterocycles. The van der Waals surface area contributed by atoms with E-state index in [2.05, 4.69) is 30.1 Å². The van der Waals surface area contributed by atoms with Crippen LogP contribution in [0.5, 0.6) is 0 Å². The summed E-state index contributed by atoms with van der Waals surface area (Å²) in [4.78, 5) is 2.74. The van der Waals surface area contributed by atoms with Crippen molar-refractivity contribution in [2.24, 2.45) is 0 Å². The van der Waals surface area contributed by atoms with Crippen molar-refractivity contribution < 1.29 is 8.42 Å². The average Bonchev–Trinajstić information content (AvgIpc) is 3.07. The molecule has 5 nitrogen and oxygen atoms in total. The number of nitrogens with one attached hydrogen (secondary N) is 1. The molecule has 1 aliphatic rings. The van der Waals surface area contributed by atoms with Gasteiger partial charge in [0, 0.05) is 42.4 Å². The molecule has 0 spiro atoms. The van der Waals surface area contributed by atoms with Crippen molar-refractivity contribution >= 4 is 26.6 Å². The summed E-state index contributed by atoms with van der Waals surface area (Å²) < 4.78 is 28.0. The van der Waals surface area contributed by atoms with E-state index >= 15 is 0 Å². The molecule has 4 rings (SSSR count). The zero-order valence-corrected chi connectivity index (χ0v) is 16.7. The second-order valence-corrected chi connectivity index (χ2v) is 9.14. The van der Waals surface area contributed by atoms with Crippen LogP contribution >= 0.6 is 0 Å². The molecular formula is C21H25N3O2S. The summed E-state index contributed by atoms with van der Waals surface area (Å²) in [7, 11) is -3.64. The van der Waals surface area contributed by atoms with Gasteiger partial charge in [-0.15, -0.1) is 0 Å². The second kappa shape index (κ2) is 6.69. The van der Waals surface area contributed by atoms with Gasteiger partial charge in [-0.2, -0.15) is 0 Å². The first kappa shape index (κ1) is 18.1. The number of hydrogen-bond donors (Lipinski definition) is 1. The van der Waals surface area contributed by atoms with Crippen LogP contribution in [0.15, 0.2) is 59.6 Å². The molecule has 2 heterocycles. The maximum absolute atomic E-state index is 13.3. The number of anilines is 1. The Morgan fingerprint density at radius 3 is 2.37 bits per heavy atom. The third-order valence-corrected chi connectivity index (χ3v) is 7.26. The Kier molecular flexibility index (Phi) is 4.48. The minimum absolute atomic E-state index is 0.343. The maximum Gasteiger partial charge on any atom is 0.268 e. The molecule has 142 valence electrons. The van der Waals surface area contributed by atoms with Gasteiger partial charge in [-0.05, 0) is 50.6 Å². The molecule has 0 aliphatic carbocycles. The van der Waals surface area contributed by atoms with Crippen LogP contribution in [-0.2, 0) is 10.0 Å². The van der Waals surface area contributed by atoms with Crippen molar-refractivity contribution in [3.05, 3.63) is 60.3 Å². The van der Waals surface area contributed by atoms with E-state index in [0.29, 0.717) is 22.5 Å². The summed E-state index contributed by atoms with van der Waals surface area (Å²) in [5, 5.41) is 4.41. The molecule has 2 unspecified atom stereocenters. The number of piperazine rings is 1.